The minimum absolute atomic E-state index is 0. The van der Waals surface area contributed by atoms with Gasteiger partial charge in [0, 0.05) is 17.1 Å². The summed E-state index contributed by atoms with van der Waals surface area (Å²) in [6.07, 6.45) is 0. The van der Waals surface area contributed by atoms with Crippen LogP contribution in [0.3, 0.4) is 0 Å². The van der Waals surface area contributed by atoms with Crippen LogP contribution in [0.25, 0.3) is 0 Å². The first-order valence-corrected chi connectivity index (χ1v) is 0. The van der Waals surface area contributed by atoms with Crippen LogP contribution < -0.4 is 0 Å². The van der Waals surface area contributed by atoms with Gasteiger partial charge in [-0.25, -0.2) is 0 Å². The molecule has 0 saturated carbocycles. The summed E-state index contributed by atoms with van der Waals surface area (Å²) in [7, 11) is 0. The van der Waals surface area contributed by atoms with Crippen molar-refractivity contribution < 1.29 is 17.1 Å². The summed E-state index contributed by atoms with van der Waals surface area (Å²) in [6.45, 7) is 0. The van der Waals surface area contributed by atoms with Crippen LogP contribution in [-0.2, 0) is 17.1 Å². The molecule has 0 aromatic carbocycles. The Morgan fingerprint density at radius 3 is 1.00 bits per heavy atom. The molecule has 0 heterocycles. The minimum atomic E-state index is 0. The molecule has 0 amide bonds. The Hall–Kier alpha value is 3.29. The van der Waals surface area contributed by atoms with Crippen molar-refractivity contribution in [3.63, 3.8) is 0 Å². The van der Waals surface area contributed by atoms with E-state index in [1.54, 1.807) is 0 Å². The molecule has 0 rings (SSSR count). The predicted octanol–water partition coefficient (Wildman–Crippen LogP) is -4.47. The van der Waals surface area contributed by atoms with Gasteiger partial charge in [-0.3, -0.25) is 0 Å². The molecule has 0 nitrogen and oxygen atoms in total. The molecule has 0 aliphatic heterocycles. The van der Waals surface area contributed by atoms with Gasteiger partial charge >= 0.3 is 60.8 Å². The Balaban J connectivity index is 0. The van der Waals surface area contributed by atoms with Crippen LogP contribution in [0.15, 0.2) is 0 Å². The van der Waals surface area contributed by atoms with Crippen LogP contribution >= 0.6 is 0 Å². The molecule has 0 aliphatic carbocycles. The maximum atomic E-state index is 0. The Bertz CT molecular complexity index is 11.6. The van der Waals surface area contributed by atoms with Crippen molar-refractivity contribution >= 4 is 89.1 Å². The van der Waals surface area contributed by atoms with Crippen LogP contribution in [0.5, 0.6) is 0 Å². The average molecular weight is 185 g/mol. The second kappa shape index (κ2) is 26.6. The Morgan fingerprint density at radius 2 is 1.00 bits per heavy atom. The second-order valence-corrected chi connectivity index (χ2v) is 0. The fraction of sp³-hybridized carbons (Fsp3) is 0. The summed E-state index contributed by atoms with van der Waals surface area (Å²) in [5, 5.41) is 0. The Kier molecular flexibility index (Phi) is 217. The van der Waals surface area contributed by atoms with Gasteiger partial charge in [-0.15, -0.1) is 0 Å². The van der Waals surface area contributed by atoms with Crippen molar-refractivity contribution in [2.24, 2.45) is 0 Å². The van der Waals surface area contributed by atoms with Crippen LogP contribution in [0.1, 0.15) is 0 Å². The SMILES string of the molecule is [AlH3].[CaH2].[MgH2].[Mn].[SiH4]. The van der Waals surface area contributed by atoms with Gasteiger partial charge in [0.1, 0.15) is 0 Å². The smallest absolute Gasteiger partial charge is 0.0149 e. The van der Waals surface area contributed by atoms with E-state index in [2.05, 4.69) is 0 Å². The third-order valence-corrected chi connectivity index (χ3v) is 0. The van der Waals surface area contributed by atoms with Gasteiger partial charge in [0.2, 0.25) is 0 Å². The van der Waals surface area contributed by atoms with Crippen molar-refractivity contribution in [1.82, 2.24) is 0 Å². The minimum Gasteiger partial charge on any atom is -0.0149 e. The van der Waals surface area contributed by atoms with E-state index in [0.717, 1.165) is 0 Å². The van der Waals surface area contributed by atoms with Gasteiger partial charge in [-0.1, -0.05) is 0 Å². The van der Waals surface area contributed by atoms with Crippen LogP contribution in [0, 0.1) is 0 Å². The van der Waals surface area contributed by atoms with Crippen molar-refractivity contribution in [3.8, 4) is 0 Å². The maximum absolute atomic E-state index is 0. The molecule has 5 heavy (non-hydrogen) atoms. The molecule has 0 aromatic heterocycles. The molecule has 0 spiro atoms. The number of hydrogen-bond donors (Lipinski definition) is 0. The second-order valence-electron chi connectivity index (χ2n) is 0. The van der Waals surface area contributed by atoms with Gasteiger partial charge in [0.05, 0.1) is 0 Å². The molecular weight excluding hydrogens is 174 g/mol. The third kappa shape index (κ3) is 18.8. The van der Waals surface area contributed by atoms with E-state index in [9.17, 15) is 0 Å². The monoisotopic (exact) mass is 185 g/mol. The van der Waals surface area contributed by atoms with E-state index in [4.69, 9.17) is 0 Å². The summed E-state index contributed by atoms with van der Waals surface area (Å²) in [4.78, 5) is 0. The summed E-state index contributed by atoms with van der Waals surface area (Å²) < 4.78 is 0. The average Bonchev–Trinajstić information content (AvgIpc) is 0. The predicted molar refractivity (Wildman–Crippen MR) is 38.4 cm³/mol. The molecule has 0 N–H and O–H groups in total. The van der Waals surface area contributed by atoms with Gasteiger partial charge in [-0.05, 0) is 11.0 Å². The van der Waals surface area contributed by atoms with Gasteiger partial charge < -0.3 is 0 Å². The maximum Gasteiger partial charge on any atom is 0.316 e. The summed E-state index contributed by atoms with van der Waals surface area (Å²) in [5.41, 5.74) is 0. The van der Waals surface area contributed by atoms with Crippen molar-refractivity contribution in [2.75, 3.05) is 0 Å². The molecule has 0 atom stereocenters. The largest absolute Gasteiger partial charge is 0.316 e. The van der Waals surface area contributed by atoms with E-state index in [-0.39, 0.29) is 106 Å². The summed E-state index contributed by atoms with van der Waals surface area (Å²) >= 11 is 0. The summed E-state index contributed by atoms with van der Waals surface area (Å²) in [6, 6.07) is 0. The normalized spacial score (nSPS) is 0. The molecule has 29 valence electrons. The van der Waals surface area contributed by atoms with Crippen molar-refractivity contribution in [1.29, 1.82) is 0 Å². The first-order chi connectivity index (χ1) is 0. The van der Waals surface area contributed by atoms with Crippen LogP contribution in [-0.4, -0.2) is 89.1 Å². The van der Waals surface area contributed by atoms with E-state index >= 15 is 0 Å². The Morgan fingerprint density at radius 1 is 1.00 bits per heavy atom. The Labute approximate surface area is 104 Å². The van der Waals surface area contributed by atoms with Gasteiger partial charge in [0.15, 0.2) is 17.4 Å². The molecule has 0 fully saturated rings. The van der Waals surface area contributed by atoms with Crippen LogP contribution in [0.2, 0.25) is 0 Å². The fourth-order valence-electron chi connectivity index (χ4n) is 0. The first-order valence-electron chi connectivity index (χ1n) is 0. The molecule has 0 aliphatic rings. The quantitative estimate of drug-likeness (QED) is 0.334. The summed E-state index contributed by atoms with van der Waals surface area (Å²) in [5.74, 6) is 0. The molecule has 0 aromatic rings. The number of rotatable bonds is 0. The zero-order valence-corrected chi connectivity index (χ0v) is 1.56. The number of hydrogen-bond acceptors (Lipinski definition) is 0. The van der Waals surface area contributed by atoms with Crippen molar-refractivity contribution in [2.45, 2.75) is 0 Å². The fourth-order valence-corrected chi connectivity index (χ4v) is 0. The molecule has 5 heteroatoms. The van der Waals surface area contributed by atoms with Crippen molar-refractivity contribution in [3.05, 3.63) is 0 Å². The molecule has 1 radical (unpaired) electrons. The zero-order valence-electron chi connectivity index (χ0n) is 0.378. The van der Waals surface area contributed by atoms with E-state index < -0.39 is 0 Å². The topological polar surface area (TPSA) is 0 Å². The van der Waals surface area contributed by atoms with E-state index in [0.29, 0.717) is 0 Å². The molecular formula is H11AlCaMgMnSi. The van der Waals surface area contributed by atoms with E-state index in [1.165, 1.54) is 0 Å². The van der Waals surface area contributed by atoms with Crippen LogP contribution in [0.4, 0.5) is 0 Å². The standard InChI is InChI=1S/Al.Ca.Mg.Mn.H4Si.7H/h;;;;1H4;;;;;;;. The zero-order chi connectivity index (χ0) is 0. The molecule has 0 saturated heterocycles. The van der Waals surface area contributed by atoms with Gasteiger partial charge in [-0.2, -0.15) is 0 Å². The first kappa shape index (κ1) is 40.7. The molecule has 0 bridgehead atoms. The van der Waals surface area contributed by atoms with E-state index in [1.807, 2.05) is 0 Å². The third-order valence-electron chi connectivity index (χ3n) is 0. The van der Waals surface area contributed by atoms with Gasteiger partial charge in [0.25, 0.3) is 0 Å². The molecule has 0 unspecified atom stereocenters.